The smallest absolute Gasteiger partial charge is 0.243 e. The quantitative estimate of drug-likeness (QED) is 0.374. The fourth-order valence-electron chi connectivity index (χ4n) is 5.38. The number of aryl methyl sites for hydroxylation is 2. The highest BCUT2D eigenvalue weighted by molar-refractivity contribution is 7.89. The van der Waals surface area contributed by atoms with E-state index in [0.29, 0.717) is 57.0 Å². The predicted octanol–water partition coefficient (Wildman–Crippen LogP) is 3.04. The van der Waals surface area contributed by atoms with Crippen molar-refractivity contribution in [2.24, 2.45) is 13.0 Å². The van der Waals surface area contributed by atoms with Crippen LogP contribution in [0.15, 0.2) is 59.8 Å². The summed E-state index contributed by atoms with van der Waals surface area (Å²) >= 11 is 0. The molecule has 0 saturated carbocycles. The molecule has 1 atom stereocenters. The number of amides is 1. The predicted molar refractivity (Wildman–Crippen MR) is 154 cm³/mol. The van der Waals surface area contributed by atoms with Crippen molar-refractivity contribution in [2.45, 2.75) is 57.5 Å². The van der Waals surface area contributed by atoms with Crippen molar-refractivity contribution in [1.29, 1.82) is 0 Å². The van der Waals surface area contributed by atoms with Gasteiger partial charge in [-0.15, -0.1) is 10.2 Å². The average molecular weight is 577 g/mol. The molecular weight excluding hydrogens is 540 g/mol. The minimum Gasteiger partial charge on any atom is -0.352 e. The summed E-state index contributed by atoms with van der Waals surface area (Å²) < 4.78 is 32.5. The first-order chi connectivity index (χ1) is 19.8. The van der Waals surface area contributed by atoms with E-state index in [1.165, 1.54) is 4.31 Å². The third-order valence-electron chi connectivity index (χ3n) is 7.84. The molecule has 216 valence electrons. The number of nitrogens with one attached hydrogen (secondary N) is 1. The van der Waals surface area contributed by atoms with E-state index < -0.39 is 10.0 Å². The maximum absolute atomic E-state index is 13.6. The zero-order valence-electron chi connectivity index (χ0n) is 23.7. The minimum atomic E-state index is -3.72. The molecule has 4 aromatic rings. The van der Waals surface area contributed by atoms with Gasteiger partial charge in [0.05, 0.1) is 10.6 Å². The van der Waals surface area contributed by atoms with Crippen LogP contribution in [0.25, 0.3) is 11.4 Å². The summed E-state index contributed by atoms with van der Waals surface area (Å²) in [6, 6.07) is 12.2. The number of hydrogen-bond donors (Lipinski definition) is 1. The molecule has 4 heterocycles. The Labute approximate surface area is 240 Å². The molecule has 1 aliphatic heterocycles. The molecule has 0 radical (unpaired) electrons. The van der Waals surface area contributed by atoms with Crippen molar-refractivity contribution in [1.82, 2.24) is 39.2 Å². The van der Waals surface area contributed by atoms with E-state index in [-0.39, 0.29) is 23.3 Å². The molecule has 0 bridgehead atoms. The molecule has 1 amide bonds. The Balaban J connectivity index is 1.43. The first-order valence-electron chi connectivity index (χ1n) is 13.9. The lowest BCUT2D eigenvalue weighted by Gasteiger charge is -2.22. The van der Waals surface area contributed by atoms with Gasteiger partial charge in [0.2, 0.25) is 15.9 Å². The van der Waals surface area contributed by atoms with E-state index >= 15 is 0 Å². The number of pyridine rings is 1. The highest BCUT2D eigenvalue weighted by atomic mass is 32.2. The fourth-order valence-corrected chi connectivity index (χ4v) is 6.88. The topological polar surface area (TPSA) is 128 Å². The van der Waals surface area contributed by atoms with Gasteiger partial charge in [-0.1, -0.05) is 18.2 Å². The van der Waals surface area contributed by atoms with Crippen molar-refractivity contribution in [3.05, 3.63) is 77.6 Å². The average Bonchev–Trinajstić information content (AvgIpc) is 3.48. The molecule has 1 N–H and O–H groups in total. The molecular formula is C29H36N8O3S. The van der Waals surface area contributed by atoms with Crippen LogP contribution < -0.4 is 5.32 Å². The molecule has 0 fully saturated rings. The second-order valence-electron chi connectivity index (χ2n) is 10.4. The minimum absolute atomic E-state index is 0.0538. The van der Waals surface area contributed by atoms with Crippen LogP contribution in [0.3, 0.4) is 0 Å². The maximum Gasteiger partial charge on any atom is 0.243 e. The lowest BCUT2D eigenvalue weighted by molar-refractivity contribution is -0.125. The van der Waals surface area contributed by atoms with Crippen LogP contribution in [0.1, 0.15) is 42.0 Å². The second kappa shape index (κ2) is 12.3. The van der Waals surface area contributed by atoms with Gasteiger partial charge < -0.3 is 9.88 Å². The van der Waals surface area contributed by atoms with Gasteiger partial charge in [-0.05, 0) is 57.4 Å². The number of fused-ring (bicyclic) bond motifs is 1. The van der Waals surface area contributed by atoms with E-state index in [2.05, 4.69) is 25.6 Å². The Morgan fingerprint density at radius 3 is 2.54 bits per heavy atom. The van der Waals surface area contributed by atoms with Crippen molar-refractivity contribution >= 4 is 15.9 Å². The van der Waals surface area contributed by atoms with Crippen LogP contribution >= 0.6 is 0 Å². The summed E-state index contributed by atoms with van der Waals surface area (Å²) in [4.78, 5) is 18.0. The Kier molecular flexibility index (Phi) is 8.60. The standard InChI is InChI=1S/C29H36N8O3S/c1-21-26(22(2)35(3)34-21)20-31-29(38)23-10-8-16-36(41(39,40)25-11-5-4-6-12-25)17-14-27-32-33-28(37(27)18-13-23)24-9-7-15-30-19-24/h4-7,9,11-12,15,19,23H,8,10,13-14,16-18,20H2,1-3H3,(H,31,38). The Bertz CT molecular complexity index is 1600. The first-order valence-corrected chi connectivity index (χ1v) is 15.3. The van der Waals surface area contributed by atoms with E-state index in [1.807, 2.05) is 42.3 Å². The highest BCUT2D eigenvalue weighted by Crippen LogP contribution is 2.24. The number of benzene rings is 1. The van der Waals surface area contributed by atoms with Crippen LogP contribution in [-0.4, -0.2) is 61.2 Å². The molecule has 0 aliphatic carbocycles. The van der Waals surface area contributed by atoms with E-state index in [1.54, 1.807) is 42.7 Å². The molecule has 12 heteroatoms. The summed E-state index contributed by atoms with van der Waals surface area (Å²) in [6.07, 6.45) is 5.52. The van der Waals surface area contributed by atoms with E-state index in [0.717, 1.165) is 22.5 Å². The summed E-state index contributed by atoms with van der Waals surface area (Å²) in [6.45, 7) is 5.43. The van der Waals surface area contributed by atoms with Gasteiger partial charge in [0.25, 0.3) is 0 Å². The van der Waals surface area contributed by atoms with Crippen molar-refractivity contribution < 1.29 is 13.2 Å². The maximum atomic E-state index is 13.6. The molecule has 1 unspecified atom stereocenters. The van der Waals surface area contributed by atoms with Crippen molar-refractivity contribution in [3.8, 4) is 11.4 Å². The van der Waals surface area contributed by atoms with Gasteiger partial charge >= 0.3 is 0 Å². The van der Waals surface area contributed by atoms with E-state index in [9.17, 15) is 13.2 Å². The second-order valence-corrected chi connectivity index (χ2v) is 12.4. The largest absolute Gasteiger partial charge is 0.352 e. The number of carbonyl (C=O) groups is 1. The third kappa shape index (κ3) is 6.23. The van der Waals surface area contributed by atoms with Gasteiger partial charge in [-0.2, -0.15) is 9.40 Å². The Hall–Kier alpha value is -3.90. The van der Waals surface area contributed by atoms with Crippen LogP contribution in [-0.2, 0) is 41.4 Å². The van der Waals surface area contributed by atoms with Gasteiger partial charge in [-0.25, -0.2) is 8.42 Å². The number of aromatic nitrogens is 6. The summed E-state index contributed by atoms with van der Waals surface area (Å²) in [5, 5.41) is 16.5. The van der Waals surface area contributed by atoms with Crippen LogP contribution in [0.4, 0.5) is 0 Å². The molecule has 11 nitrogen and oxygen atoms in total. The number of hydrogen-bond acceptors (Lipinski definition) is 7. The molecule has 3 aromatic heterocycles. The third-order valence-corrected chi connectivity index (χ3v) is 9.76. The number of rotatable bonds is 6. The summed E-state index contributed by atoms with van der Waals surface area (Å²) in [5.41, 5.74) is 3.74. The van der Waals surface area contributed by atoms with Gasteiger partial charge in [0, 0.05) is 74.8 Å². The van der Waals surface area contributed by atoms with Gasteiger partial charge in [0.1, 0.15) is 5.82 Å². The normalized spacial score (nSPS) is 17.0. The van der Waals surface area contributed by atoms with E-state index in [4.69, 9.17) is 0 Å². The van der Waals surface area contributed by atoms with Gasteiger partial charge in [0.15, 0.2) is 5.82 Å². The zero-order chi connectivity index (χ0) is 29.0. The Morgan fingerprint density at radius 2 is 1.83 bits per heavy atom. The molecule has 0 saturated heterocycles. The van der Waals surface area contributed by atoms with Crippen LogP contribution in [0.5, 0.6) is 0 Å². The summed E-state index contributed by atoms with van der Waals surface area (Å²) in [5.74, 6) is 0.968. The number of sulfonamides is 1. The van der Waals surface area contributed by atoms with Crippen molar-refractivity contribution in [3.63, 3.8) is 0 Å². The molecule has 1 aliphatic rings. The SMILES string of the molecule is Cc1nn(C)c(C)c1CNC(=O)C1CCCN(S(=O)(=O)c2ccccc2)CCc2nnc(-c3cccnc3)n2CC1. The van der Waals surface area contributed by atoms with Crippen LogP contribution in [0.2, 0.25) is 0 Å². The van der Waals surface area contributed by atoms with Gasteiger partial charge in [-0.3, -0.25) is 14.5 Å². The lowest BCUT2D eigenvalue weighted by atomic mass is 9.97. The fraction of sp³-hybridized carbons (Fsp3) is 0.414. The molecule has 0 spiro atoms. The van der Waals surface area contributed by atoms with Crippen molar-refractivity contribution in [2.75, 3.05) is 13.1 Å². The number of nitrogens with zero attached hydrogens (tertiary/aromatic N) is 7. The zero-order valence-corrected chi connectivity index (χ0v) is 24.5. The van der Waals surface area contributed by atoms with Crippen LogP contribution in [0, 0.1) is 19.8 Å². The first kappa shape index (κ1) is 28.6. The Morgan fingerprint density at radius 1 is 1.02 bits per heavy atom. The summed E-state index contributed by atoms with van der Waals surface area (Å²) in [7, 11) is -1.83. The number of carbonyl (C=O) groups excluding carboxylic acids is 1. The molecule has 41 heavy (non-hydrogen) atoms. The highest BCUT2D eigenvalue weighted by Gasteiger charge is 2.28. The molecule has 5 rings (SSSR count). The lowest BCUT2D eigenvalue weighted by Crippen LogP contribution is -2.35. The molecule has 1 aromatic carbocycles. The monoisotopic (exact) mass is 576 g/mol.